The lowest BCUT2D eigenvalue weighted by Gasteiger charge is -2.22. The van der Waals surface area contributed by atoms with Gasteiger partial charge in [0.05, 0.1) is 6.04 Å². The average Bonchev–Trinajstić information content (AvgIpc) is 3.04. The second-order valence-electron chi connectivity index (χ2n) is 4.84. The Kier molecular flexibility index (Phi) is 4.21. The monoisotopic (exact) mass is 304 g/mol. The van der Waals surface area contributed by atoms with Gasteiger partial charge in [0.2, 0.25) is 18.2 Å². The second kappa shape index (κ2) is 6.28. The maximum absolute atomic E-state index is 12.3. The lowest BCUT2D eigenvalue weighted by atomic mass is 10.1. The summed E-state index contributed by atoms with van der Waals surface area (Å²) in [6, 6.07) is 5.54. The number of amides is 1. The molecule has 1 unspecified atom stereocenters. The molecule has 0 aliphatic carbocycles. The Morgan fingerprint density at radius 3 is 3.14 bits per heavy atom. The molecule has 2 N–H and O–H groups in total. The van der Waals surface area contributed by atoms with Crippen LogP contribution in [0, 0.1) is 6.92 Å². The van der Waals surface area contributed by atoms with Crippen molar-refractivity contribution in [1.82, 2.24) is 15.5 Å². The first-order chi connectivity index (χ1) is 10.2. The molecule has 0 saturated carbocycles. The highest BCUT2D eigenvalue weighted by atomic mass is 32.2. The molecule has 1 aliphatic heterocycles. The quantitative estimate of drug-likeness (QED) is 0.898. The predicted molar refractivity (Wildman–Crippen MR) is 82.2 cm³/mol. The van der Waals surface area contributed by atoms with Gasteiger partial charge in [0.15, 0.2) is 0 Å². The summed E-state index contributed by atoms with van der Waals surface area (Å²) >= 11 is 1.79. The molecular weight excluding hydrogens is 288 g/mol. The number of aromatic nitrogens is 2. The SMILES string of the molecule is Cc1ccc(-c2nnco2)cc1NC(=O)C1CSCCN1. The Balaban J connectivity index is 1.78. The molecule has 1 aromatic heterocycles. The van der Waals surface area contributed by atoms with Gasteiger partial charge in [-0.05, 0) is 24.6 Å². The molecule has 6 nitrogen and oxygen atoms in total. The first kappa shape index (κ1) is 14.1. The number of hydrogen-bond acceptors (Lipinski definition) is 6. The summed E-state index contributed by atoms with van der Waals surface area (Å²) in [7, 11) is 0. The van der Waals surface area contributed by atoms with Crippen molar-refractivity contribution in [3.8, 4) is 11.5 Å². The van der Waals surface area contributed by atoms with Crippen LogP contribution in [-0.2, 0) is 4.79 Å². The molecule has 0 bridgehead atoms. The van der Waals surface area contributed by atoms with Crippen LogP contribution in [0.15, 0.2) is 29.0 Å². The number of carbonyl (C=O) groups is 1. The molecular formula is C14H16N4O2S. The Morgan fingerprint density at radius 2 is 2.43 bits per heavy atom. The van der Waals surface area contributed by atoms with E-state index in [-0.39, 0.29) is 11.9 Å². The number of anilines is 1. The van der Waals surface area contributed by atoms with Crippen molar-refractivity contribution in [2.75, 3.05) is 23.4 Å². The third-order valence-electron chi connectivity index (χ3n) is 3.34. The van der Waals surface area contributed by atoms with Crippen LogP contribution in [0.5, 0.6) is 0 Å². The summed E-state index contributed by atoms with van der Waals surface area (Å²) in [6.07, 6.45) is 1.29. The largest absolute Gasteiger partial charge is 0.423 e. The van der Waals surface area contributed by atoms with Gasteiger partial charge in [0, 0.05) is 29.3 Å². The molecule has 0 radical (unpaired) electrons. The molecule has 21 heavy (non-hydrogen) atoms. The van der Waals surface area contributed by atoms with Crippen LogP contribution in [0.1, 0.15) is 5.56 Å². The zero-order chi connectivity index (χ0) is 14.7. The second-order valence-corrected chi connectivity index (χ2v) is 5.99. The van der Waals surface area contributed by atoms with Gasteiger partial charge >= 0.3 is 0 Å². The highest BCUT2D eigenvalue weighted by Crippen LogP contribution is 2.24. The Labute approximate surface area is 126 Å². The van der Waals surface area contributed by atoms with E-state index in [2.05, 4.69) is 20.8 Å². The number of nitrogens with zero attached hydrogens (tertiary/aromatic N) is 2. The van der Waals surface area contributed by atoms with E-state index in [1.54, 1.807) is 11.8 Å². The topological polar surface area (TPSA) is 80.1 Å². The summed E-state index contributed by atoms with van der Waals surface area (Å²) in [5.41, 5.74) is 2.56. The van der Waals surface area contributed by atoms with E-state index >= 15 is 0 Å². The summed E-state index contributed by atoms with van der Waals surface area (Å²) in [4.78, 5) is 12.3. The number of thioether (sulfide) groups is 1. The van der Waals surface area contributed by atoms with Gasteiger partial charge in [-0.3, -0.25) is 4.79 Å². The zero-order valence-electron chi connectivity index (χ0n) is 11.6. The average molecular weight is 304 g/mol. The number of rotatable bonds is 3. The van der Waals surface area contributed by atoms with E-state index in [0.717, 1.165) is 34.9 Å². The van der Waals surface area contributed by atoms with Crippen molar-refractivity contribution < 1.29 is 9.21 Å². The third-order valence-corrected chi connectivity index (χ3v) is 4.40. The van der Waals surface area contributed by atoms with Crippen molar-refractivity contribution in [1.29, 1.82) is 0 Å². The molecule has 0 spiro atoms. The number of carbonyl (C=O) groups excluding carboxylic acids is 1. The standard InChI is InChI=1S/C14H16N4O2S/c1-9-2-3-10(14-18-16-8-20-14)6-11(9)17-13(19)12-7-21-5-4-15-12/h2-3,6,8,12,15H,4-5,7H2,1H3,(H,17,19). The minimum absolute atomic E-state index is 0.00650. The Bertz CT molecular complexity index is 624. The van der Waals surface area contributed by atoms with Crippen molar-refractivity contribution in [3.05, 3.63) is 30.2 Å². The fourth-order valence-electron chi connectivity index (χ4n) is 2.14. The summed E-state index contributed by atoms with van der Waals surface area (Å²) in [6.45, 7) is 2.82. The van der Waals surface area contributed by atoms with Gasteiger partial charge in [0.25, 0.3) is 0 Å². The number of hydrogen-bond donors (Lipinski definition) is 2. The van der Waals surface area contributed by atoms with Crippen molar-refractivity contribution in [2.24, 2.45) is 0 Å². The normalized spacial score (nSPS) is 18.4. The highest BCUT2D eigenvalue weighted by molar-refractivity contribution is 7.99. The molecule has 1 saturated heterocycles. The van der Waals surface area contributed by atoms with Crippen LogP contribution in [0.3, 0.4) is 0 Å². The van der Waals surface area contributed by atoms with Crippen molar-refractivity contribution >= 4 is 23.4 Å². The van der Waals surface area contributed by atoms with Crippen LogP contribution in [-0.4, -0.2) is 40.2 Å². The molecule has 7 heteroatoms. The lowest BCUT2D eigenvalue weighted by molar-refractivity contribution is -0.117. The molecule has 1 amide bonds. The fourth-order valence-corrected chi connectivity index (χ4v) is 3.08. The smallest absolute Gasteiger partial charge is 0.247 e. The molecule has 2 heterocycles. The zero-order valence-corrected chi connectivity index (χ0v) is 12.4. The van der Waals surface area contributed by atoms with E-state index in [4.69, 9.17) is 4.42 Å². The van der Waals surface area contributed by atoms with E-state index < -0.39 is 0 Å². The molecule has 110 valence electrons. The maximum atomic E-state index is 12.3. The Hall–Kier alpha value is -1.86. The number of aryl methyl sites for hydroxylation is 1. The van der Waals surface area contributed by atoms with Gasteiger partial charge in [-0.15, -0.1) is 10.2 Å². The van der Waals surface area contributed by atoms with Crippen LogP contribution >= 0.6 is 11.8 Å². The van der Waals surface area contributed by atoms with Crippen molar-refractivity contribution in [3.63, 3.8) is 0 Å². The van der Waals surface area contributed by atoms with Crippen LogP contribution in [0.2, 0.25) is 0 Å². The van der Waals surface area contributed by atoms with Gasteiger partial charge < -0.3 is 15.1 Å². The van der Waals surface area contributed by atoms with E-state index in [0.29, 0.717) is 5.89 Å². The molecule has 1 atom stereocenters. The van der Waals surface area contributed by atoms with Crippen LogP contribution < -0.4 is 10.6 Å². The summed E-state index contributed by atoms with van der Waals surface area (Å²) in [5, 5.41) is 13.8. The van der Waals surface area contributed by atoms with Gasteiger partial charge in [-0.25, -0.2) is 0 Å². The first-order valence-electron chi connectivity index (χ1n) is 6.73. The first-order valence-corrected chi connectivity index (χ1v) is 7.88. The molecule has 1 aliphatic rings. The van der Waals surface area contributed by atoms with E-state index in [9.17, 15) is 4.79 Å². The van der Waals surface area contributed by atoms with Crippen LogP contribution in [0.25, 0.3) is 11.5 Å². The van der Waals surface area contributed by atoms with Crippen molar-refractivity contribution in [2.45, 2.75) is 13.0 Å². The molecule has 1 fully saturated rings. The molecule has 1 aromatic carbocycles. The molecule has 3 rings (SSSR count). The minimum Gasteiger partial charge on any atom is -0.423 e. The predicted octanol–water partition coefficient (Wildman–Crippen LogP) is 1.69. The Morgan fingerprint density at radius 1 is 1.52 bits per heavy atom. The highest BCUT2D eigenvalue weighted by Gasteiger charge is 2.21. The van der Waals surface area contributed by atoms with E-state index in [1.807, 2.05) is 25.1 Å². The molecule has 2 aromatic rings. The summed E-state index contributed by atoms with van der Waals surface area (Å²) < 4.78 is 5.19. The van der Waals surface area contributed by atoms with Gasteiger partial charge in [-0.1, -0.05) is 6.07 Å². The van der Waals surface area contributed by atoms with Crippen LogP contribution in [0.4, 0.5) is 5.69 Å². The minimum atomic E-state index is -0.143. The van der Waals surface area contributed by atoms with Gasteiger partial charge in [0.1, 0.15) is 0 Å². The number of nitrogens with one attached hydrogen (secondary N) is 2. The third kappa shape index (κ3) is 3.25. The van der Waals surface area contributed by atoms with Gasteiger partial charge in [-0.2, -0.15) is 11.8 Å². The van der Waals surface area contributed by atoms with E-state index in [1.165, 1.54) is 6.39 Å². The summed E-state index contributed by atoms with van der Waals surface area (Å²) in [5.74, 6) is 2.29. The number of benzene rings is 1. The maximum Gasteiger partial charge on any atom is 0.247 e. The lowest BCUT2D eigenvalue weighted by Crippen LogP contribution is -2.46. The fraction of sp³-hybridized carbons (Fsp3) is 0.357.